The maximum absolute atomic E-state index is 12.6. The molecule has 0 unspecified atom stereocenters. The zero-order valence-corrected chi connectivity index (χ0v) is 17.0. The van der Waals surface area contributed by atoms with E-state index in [4.69, 9.17) is 4.74 Å². The first-order valence-electron chi connectivity index (χ1n) is 9.47. The average molecular weight is 377 g/mol. The summed E-state index contributed by atoms with van der Waals surface area (Å²) < 4.78 is 7.19. The lowest BCUT2D eigenvalue weighted by Crippen LogP contribution is -2.27. The molecule has 0 aliphatic carbocycles. The topological polar surface area (TPSA) is 47.4 Å². The molecule has 5 heteroatoms. The lowest BCUT2D eigenvalue weighted by atomic mass is 10.1. The number of para-hydroxylation sites is 1. The molecule has 3 rings (SSSR count). The fraction of sp³-hybridized carbons (Fsp3) is 0.304. The predicted octanol–water partition coefficient (Wildman–Crippen LogP) is 4.09. The number of carbonyl (C=O) groups excluding carboxylic acids is 1. The molecule has 1 amide bonds. The fourth-order valence-electron chi connectivity index (χ4n) is 3.32. The van der Waals surface area contributed by atoms with Crippen molar-refractivity contribution in [2.75, 3.05) is 14.2 Å². The number of nitrogens with zero attached hydrogens (tertiary/aromatic N) is 3. The third-order valence-electron chi connectivity index (χ3n) is 5.02. The molecule has 0 aliphatic rings. The SMILES string of the molecule is COc1cccc(CCC(=O)N(C)Cc2c(C)nn(-c3ccccc3)c2C)c1. The Morgan fingerprint density at radius 2 is 1.86 bits per heavy atom. The van der Waals surface area contributed by atoms with Gasteiger partial charge in [0, 0.05) is 31.3 Å². The summed E-state index contributed by atoms with van der Waals surface area (Å²) in [5.74, 6) is 0.937. The highest BCUT2D eigenvalue weighted by molar-refractivity contribution is 5.76. The van der Waals surface area contributed by atoms with E-state index in [1.807, 2.05) is 73.3 Å². The first-order chi connectivity index (χ1) is 13.5. The van der Waals surface area contributed by atoms with Gasteiger partial charge in [-0.05, 0) is 50.1 Å². The van der Waals surface area contributed by atoms with Gasteiger partial charge in [0.15, 0.2) is 0 Å². The Morgan fingerprint density at radius 1 is 1.11 bits per heavy atom. The second-order valence-electron chi connectivity index (χ2n) is 7.00. The van der Waals surface area contributed by atoms with Gasteiger partial charge in [-0.25, -0.2) is 4.68 Å². The van der Waals surface area contributed by atoms with Crippen LogP contribution < -0.4 is 4.74 Å². The van der Waals surface area contributed by atoms with E-state index in [0.29, 0.717) is 19.4 Å². The second-order valence-corrected chi connectivity index (χ2v) is 7.00. The Morgan fingerprint density at radius 3 is 2.57 bits per heavy atom. The van der Waals surface area contributed by atoms with Gasteiger partial charge in [0.1, 0.15) is 5.75 Å². The molecule has 0 atom stereocenters. The van der Waals surface area contributed by atoms with Crippen LogP contribution in [-0.4, -0.2) is 34.7 Å². The minimum atomic E-state index is 0.120. The summed E-state index contributed by atoms with van der Waals surface area (Å²) in [7, 11) is 3.50. The van der Waals surface area contributed by atoms with E-state index in [0.717, 1.165) is 34.0 Å². The number of hydrogen-bond donors (Lipinski definition) is 0. The first-order valence-corrected chi connectivity index (χ1v) is 9.47. The Labute approximate surface area is 166 Å². The fourth-order valence-corrected chi connectivity index (χ4v) is 3.32. The molecule has 0 saturated carbocycles. The molecule has 28 heavy (non-hydrogen) atoms. The number of carbonyl (C=O) groups is 1. The molecule has 3 aromatic rings. The summed E-state index contributed by atoms with van der Waals surface area (Å²) in [6.07, 6.45) is 1.16. The number of hydrogen-bond acceptors (Lipinski definition) is 3. The van der Waals surface area contributed by atoms with Crippen LogP contribution >= 0.6 is 0 Å². The molecule has 0 bridgehead atoms. The van der Waals surface area contributed by atoms with Crippen molar-refractivity contribution in [3.63, 3.8) is 0 Å². The normalized spacial score (nSPS) is 10.7. The highest BCUT2D eigenvalue weighted by Crippen LogP contribution is 2.20. The minimum Gasteiger partial charge on any atom is -0.497 e. The zero-order chi connectivity index (χ0) is 20.1. The van der Waals surface area contributed by atoms with Gasteiger partial charge >= 0.3 is 0 Å². The lowest BCUT2D eigenvalue weighted by molar-refractivity contribution is -0.130. The smallest absolute Gasteiger partial charge is 0.222 e. The van der Waals surface area contributed by atoms with E-state index >= 15 is 0 Å². The lowest BCUT2D eigenvalue weighted by Gasteiger charge is -2.18. The van der Waals surface area contributed by atoms with Gasteiger partial charge in [-0.1, -0.05) is 30.3 Å². The number of ether oxygens (including phenoxy) is 1. The number of aryl methyl sites for hydroxylation is 2. The number of amides is 1. The van der Waals surface area contributed by atoms with Crippen molar-refractivity contribution < 1.29 is 9.53 Å². The van der Waals surface area contributed by atoms with Crippen LogP contribution in [0.5, 0.6) is 5.75 Å². The van der Waals surface area contributed by atoms with Crippen molar-refractivity contribution in [2.24, 2.45) is 0 Å². The van der Waals surface area contributed by atoms with E-state index in [9.17, 15) is 4.79 Å². The van der Waals surface area contributed by atoms with Crippen LogP contribution in [0.1, 0.15) is 28.9 Å². The molecular weight excluding hydrogens is 350 g/mol. The van der Waals surface area contributed by atoms with Crippen LogP contribution in [-0.2, 0) is 17.8 Å². The Hall–Kier alpha value is -3.08. The largest absolute Gasteiger partial charge is 0.497 e. The number of methoxy groups -OCH3 is 1. The van der Waals surface area contributed by atoms with Crippen molar-refractivity contribution >= 4 is 5.91 Å². The van der Waals surface area contributed by atoms with Crippen LogP contribution in [0.25, 0.3) is 5.69 Å². The maximum Gasteiger partial charge on any atom is 0.222 e. The molecule has 0 spiro atoms. The molecule has 0 radical (unpaired) electrons. The molecule has 0 N–H and O–H groups in total. The first kappa shape index (κ1) is 19.7. The van der Waals surface area contributed by atoms with Gasteiger partial charge in [-0.3, -0.25) is 4.79 Å². The molecule has 146 valence electrons. The summed E-state index contributed by atoms with van der Waals surface area (Å²) in [5, 5.41) is 4.67. The van der Waals surface area contributed by atoms with Crippen LogP contribution in [0, 0.1) is 13.8 Å². The standard InChI is InChI=1S/C23H27N3O2/c1-17-22(18(2)26(24-17)20-10-6-5-7-11-20)16-25(3)23(27)14-13-19-9-8-12-21(15-19)28-4/h5-12,15H,13-14,16H2,1-4H3. The zero-order valence-electron chi connectivity index (χ0n) is 17.0. The molecule has 1 aromatic heterocycles. The maximum atomic E-state index is 12.6. The predicted molar refractivity (Wildman–Crippen MR) is 111 cm³/mol. The van der Waals surface area contributed by atoms with E-state index in [2.05, 4.69) is 12.0 Å². The Kier molecular flexibility index (Phi) is 6.14. The molecule has 0 saturated heterocycles. The summed E-state index contributed by atoms with van der Waals surface area (Å²) in [4.78, 5) is 14.4. The van der Waals surface area contributed by atoms with Gasteiger partial charge in [0.25, 0.3) is 0 Å². The van der Waals surface area contributed by atoms with Crippen LogP contribution in [0.2, 0.25) is 0 Å². The van der Waals surface area contributed by atoms with Crippen molar-refractivity contribution in [3.8, 4) is 11.4 Å². The quantitative estimate of drug-likeness (QED) is 0.623. The number of aromatic nitrogens is 2. The highest BCUT2D eigenvalue weighted by atomic mass is 16.5. The number of benzene rings is 2. The second kappa shape index (κ2) is 8.74. The average Bonchev–Trinajstić information content (AvgIpc) is 3.01. The Balaban J connectivity index is 1.66. The van der Waals surface area contributed by atoms with E-state index in [1.165, 1.54) is 0 Å². The molecule has 5 nitrogen and oxygen atoms in total. The summed E-state index contributed by atoms with van der Waals surface area (Å²) in [6.45, 7) is 4.61. The van der Waals surface area contributed by atoms with Crippen molar-refractivity contribution in [2.45, 2.75) is 33.2 Å². The third kappa shape index (κ3) is 4.42. The van der Waals surface area contributed by atoms with E-state index < -0.39 is 0 Å². The monoisotopic (exact) mass is 377 g/mol. The van der Waals surface area contributed by atoms with Gasteiger partial charge in [0.2, 0.25) is 5.91 Å². The van der Waals surface area contributed by atoms with Crippen LogP contribution in [0.4, 0.5) is 0 Å². The highest BCUT2D eigenvalue weighted by Gasteiger charge is 2.17. The Bertz CT molecular complexity index is 948. The van der Waals surface area contributed by atoms with Gasteiger partial charge < -0.3 is 9.64 Å². The van der Waals surface area contributed by atoms with Crippen molar-refractivity contribution in [1.29, 1.82) is 0 Å². The molecular formula is C23H27N3O2. The van der Waals surface area contributed by atoms with Crippen LogP contribution in [0.15, 0.2) is 54.6 Å². The molecule has 2 aromatic carbocycles. The van der Waals surface area contributed by atoms with Gasteiger partial charge in [-0.15, -0.1) is 0 Å². The van der Waals surface area contributed by atoms with E-state index in [1.54, 1.807) is 12.0 Å². The molecule has 1 heterocycles. The summed E-state index contributed by atoms with van der Waals surface area (Å²) in [5.41, 5.74) is 5.25. The minimum absolute atomic E-state index is 0.120. The molecule has 0 aliphatic heterocycles. The van der Waals surface area contributed by atoms with Crippen molar-refractivity contribution in [3.05, 3.63) is 77.1 Å². The van der Waals surface area contributed by atoms with Gasteiger partial charge in [0.05, 0.1) is 18.5 Å². The molecule has 0 fully saturated rings. The van der Waals surface area contributed by atoms with Crippen molar-refractivity contribution in [1.82, 2.24) is 14.7 Å². The number of rotatable bonds is 7. The summed E-state index contributed by atoms with van der Waals surface area (Å²) in [6, 6.07) is 17.9. The van der Waals surface area contributed by atoms with Gasteiger partial charge in [-0.2, -0.15) is 5.10 Å². The third-order valence-corrected chi connectivity index (χ3v) is 5.02. The van der Waals surface area contributed by atoms with E-state index in [-0.39, 0.29) is 5.91 Å². The summed E-state index contributed by atoms with van der Waals surface area (Å²) >= 11 is 0. The van der Waals surface area contributed by atoms with Crippen LogP contribution in [0.3, 0.4) is 0 Å².